The molecule has 0 spiro atoms. The van der Waals surface area contributed by atoms with Crippen molar-refractivity contribution in [3.8, 4) is 0 Å². The second-order valence-electron chi connectivity index (χ2n) is 8.68. The molecule has 0 amide bonds. The molecule has 0 unspecified atom stereocenters. The van der Waals surface area contributed by atoms with Crippen LogP contribution >= 0.6 is 0 Å². The van der Waals surface area contributed by atoms with Crippen molar-refractivity contribution >= 4 is 0 Å². The highest BCUT2D eigenvalue weighted by Crippen LogP contribution is 2.37. The van der Waals surface area contributed by atoms with Gasteiger partial charge >= 0.3 is 0 Å². The Morgan fingerprint density at radius 1 is 1.16 bits per heavy atom. The van der Waals surface area contributed by atoms with Crippen LogP contribution in [0.15, 0.2) is 24.3 Å². The van der Waals surface area contributed by atoms with Gasteiger partial charge in [-0.15, -0.1) is 0 Å². The van der Waals surface area contributed by atoms with Gasteiger partial charge < -0.3 is 10.1 Å². The molecule has 2 atom stereocenters. The van der Waals surface area contributed by atoms with E-state index in [2.05, 4.69) is 33.0 Å². The van der Waals surface area contributed by atoms with E-state index in [9.17, 15) is 4.39 Å². The molecular weight excluding hydrogens is 313 g/mol. The van der Waals surface area contributed by atoms with Crippen LogP contribution in [0, 0.1) is 23.6 Å². The Kier molecular flexibility index (Phi) is 7.89. The van der Waals surface area contributed by atoms with Gasteiger partial charge in [0.2, 0.25) is 0 Å². The Morgan fingerprint density at radius 3 is 2.52 bits per heavy atom. The average Bonchev–Trinajstić information content (AvgIpc) is 2.54. The zero-order valence-electron chi connectivity index (χ0n) is 16.5. The predicted molar refractivity (Wildman–Crippen MR) is 103 cm³/mol. The van der Waals surface area contributed by atoms with E-state index in [1.54, 1.807) is 0 Å². The molecule has 1 heterocycles. The van der Waals surface area contributed by atoms with Crippen LogP contribution < -0.4 is 5.32 Å². The zero-order valence-corrected chi connectivity index (χ0v) is 16.5. The van der Waals surface area contributed by atoms with Gasteiger partial charge in [-0.05, 0) is 81.5 Å². The minimum Gasteiger partial charge on any atom is -0.376 e. The number of rotatable bonds is 9. The van der Waals surface area contributed by atoms with Gasteiger partial charge in [-0.2, -0.15) is 0 Å². The Morgan fingerprint density at radius 2 is 1.88 bits per heavy atom. The lowest BCUT2D eigenvalue weighted by Gasteiger charge is -2.39. The van der Waals surface area contributed by atoms with Crippen molar-refractivity contribution in [2.75, 3.05) is 13.2 Å². The lowest BCUT2D eigenvalue weighted by Crippen LogP contribution is -2.37. The third-order valence-corrected chi connectivity index (χ3v) is 5.45. The normalized spacial score (nSPS) is 21.4. The van der Waals surface area contributed by atoms with Crippen LogP contribution in [0.3, 0.4) is 0 Å². The number of hydrogen-bond donors (Lipinski definition) is 1. The van der Waals surface area contributed by atoms with Gasteiger partial charge in [0, 0.05) is 13.2 Å². The maximum atomic E-state index is 13.0. The minimum absolute atomic E-state index is 0.0283. The van der Waals surface area contributed by atoms with Crippen LogP contribution in [0.2, 0.25) is 0 Å². The van der Waals surface area contributed by atoms with Gasteiger partial charge in [0.1, 0.15) is 5.82 Å². The molecule has 1 aliphatic heterocycles. The topological polar surface area (TPSA) is 21.3 Å². The summed E-state index contributed by atoms with van der Waals surface area (Å²) in [4.78, 5) is 0. The molecule has 0 radical (unpaired) electrons. The molecule has 2 rings (SSSR count). The second-order valence-corrected chi connectivity index (χ2v) is 8.68. The highest BCUT2D eigenvalue weighted by molar-refractivity contribution is 5.15. The SMILES string of the molecule is CC(C)CC[C@@H](CCNCc1ccc(F)cc1)[C@H]1CCOC(C)(C)C1. The molecule has 0 aromatic heterocycles. The van der Waals surface area contributed by atoms with Crippen molar-refractivity contribution in [3.63, 3.8) is 0 Å². The molecule has 0 bridgehead atoms. The third kappa shape index (κ3) is 7.45. The van der Waals surface area contributed by atoms with Gasteiger partial charge in [-0.3, -0.25) is 0 Å². The number of ether oxygens (including phenoxy) is 1. The molecule has 1 fully saturated rings. The van der Waals surface area contributed by atoms with Crippen molar-refractivity contribution in [1.82, 2.24) is 5.32 Å². The van der Waals surface area contributed by atoms with E-state index in [0.717, 1.165) is 43.0 Å². The molecule has 0 aliphatic carbocycles. The second kappa shape index (κ2) is 9.68. The zero-order chi connectivity index (χ0) is 18.3. The average molecular weight is 350 g/mol. The van der Waals surface area contributed by atoms with E-state index in [4.69, 9.17) is 4.74 Å². The largest absolute Gasteiger partial charge is 0.376 e. The van der Waals surface area contributed by atoms with Crippen LogP contribution in [-0.2, 0) is 11.3 Å². The Balaban J connectivity index is 1.81. The molecular formula is C22H36FNO. The summed E-state index contributed by atoms with van der Waals surface area (Å²) in [5.74, 6) is 2.14. The van der Waals surface area contributed by atoms with Crippen molar-refractivity contribution in [1.29, 1.82) is 0 Å². The first kappa shape index (κ1) is 20.4. The molecule has 1 aliphatic rings. The van der Waals surface area contributed by atoms with E-state index in [-0.39, 0.29) is 11.4 Å². The molecule has 1 N–H and O–H groups in total. The van der Waals surface area contributed by atoms with Crippen LogP contribution in [0.25, 0.3) is 0 Å². The van der Waals surface area contributed by atoms with Crippen LogP contribution in [0.5, 0.6) is 0 Å². The fraction of sp³-hybridized carbons (Fsp3) is 0.727. The quantitative estimate of drug-likeness (QED) is 0.589. The van der Waals surface area contributed by atoms with Gasteiger partial charge in [0.25, 0.3) is 0 Å². The Bertz CT molecular complexity index is 497. The first-order valence-corrected chi connectivity index (χ1v) is 9.95. The summed E-state index contributed by atoms with van der Waals surface area (Å²) >= 11 is 0. The van der Waals surface area contributed by atoms with E-state index in [1.165, 1.54) is 44.2 Å². The van der Waals surface area contributed by atoms with Crippen molar-refractivity contribution in [2.45, 2.75) is 71.9 Å². The van der Waals surface area contributed by atoms with E-state index >= 15 is 0 Å². The number of nitrogens with one attached hydrogen (secondary N) is 1. The van der Waals surface area contributed by atoms with Gasteiger partial charge in [0.15, 0.2) is 0 Å². The predicted octanol–water partition coefficient (Wildman–Crippen LogP) is 5.56. The third-order valence-electron chi connectivity index (χ3n) is 5.45. The standard InChI is InChI=1S/C22H36FNO/c1-17(2)5-8-19(20-12-14-25-22(3,4)15-20)11-13-24-16-18-6-9-21(23)10-7-18/h6-7,9-10,17,19-20,24H,5,8,11-16H2,1-4H3/t19-,20-/m0/s1. The summed E-state index contributed by atoms with van der Waals surface area (Å²) in [6, 6.07) is 6.79. The molecule has 3 heteroatoms. The van der Waals surface area contributed by atoms with E-state index in [0.29, 0.717) is 0 Å². The monoisotopic (exact) mass is 349 g/mol. The molecule has 142 valence electrons. The number of benzene rings is 1. The van der Waals surface area contributed by atoms with Gasteiger partial charge in [-0.25, -0.2) is 4.39 Å². The molecule has 2 nitrogen and oxygen atoms in total. The maximum absolute atomic E-state index is 13.0. The molecule has 1 aromatic rings. The summed E-state index contributed by atoms with van der Waals surface area (Å²) in [5, 5.41) is 3.55. The Labute approximate surface area is 153 Å². The van der Waals surface area contributed by atoms with E-state index in [1.807, 2.05) is 12.1 Å². The fourth-order valence-corrected chi connectivity index (χ4v) is 3.97. The number of hydrogen-bond acceptors (Lipinski definition) is 2. The fourth-order valence-electron chi connectivity index (χ4n) is 3.97. The highest BCUT2D eigenvalue weighted by atomic mass is 19.1. The van der Waals surface area contributed by atoms with Crippen LogP contribution in [0.4, 0.5) is 4.39 Å². The molecule has 1 saturated heterocycles. The van der Waals surface area contributed by atoms with Crippen molar-refractivity contribution in [3.05, 3.63) is 35.6 Å². The summed E-state index contributed by atoms with van der Waals surface area (Å²) in [7, 11) is 0. The molecule has 25 heavy (non-hydrogen) atoms. The first-order valence-electron chi connectivity index (χ1n) is 9.95. The van der Waals surface area contributed by atoms with Gasteiger partial charge in [-0.1, -0.05) is 32.4 Å². The van der Waals surface area contributed by atoms with E-state index < -0.39 is 0 Å². The van der Waals surface area contributed by atoms with Crippen LogP contribution in [0.1, 0.15) is 65.4 Å². The van der Waals surface area contributed by atoms with Crippen molar-refractivity contribution in [2.24, 2.45) is 17.8 Å². The van der Waals surface area contributed by atoms with Crippen molar-refractivity contribution < 1.29 is 9.13 Å². The lowest BCUT2D eigenvalue weighted by atomic mass is 9.75. The summed E-state index contributed by atoms with van der Waals surface area (Å²) in [6.07, 6.45) is 6.21. The smallest absolute Gasteiger partial charge is 0.123 e. The highest BCUT2D eigenvalue weighted by Gasteiger charge is 2.33. The summed E-state index contributed by atoms with van der Waals surface area (Å²) < 4.78 is 18.9. The van der Waals surface area contributed by atoms with Gasteiger partial charge in [0.05, 0.1) is 5.60 Å². The maximum Gasteiger partial charge on any atom is 0.123 e. The Hall–Kier alpha value is -0.930. The summed E-state index contributed by atoms with van der Waals surface area (Å²) in [5.41, 5.74) is 1.17. The van der Waals surface area contributed by atoms with Crippen LogP contribution in [-0.4, -0.2) is 18.8 Å². The minimum atomic E-state index is -0.167. The number of halogens is 1. The molecule has 1 aromatic carbocycles. The lowest BCUT2D eigenvalue weighted by molar-refractivity contribution is -0.0839. The first-order chi connectivity index (χ1) is 11.9. The molecule has 0 saturated carbocycles. The summed E-state index contributed by atoms with van der Waals surface area (Å²) in [6.45, 7) is 11.8.